The maximum absolute atomic E-state index is 5.37. The molecule has 0 bridgehead atoms. The molecule has 6 aromatic heterocycles. The summed E-state index contributed by atoms with van der Waals surface area (Å²) in [5, 5.41) is 12.0. The number of hydrogen-bond acceptors (Lipinski definition) is 4. The highest BCUT2D eigenvalue weighted by atomic mass is 15.1. The molecule has 6 heterocycles. The van der Waals surface area contributed by atoms with Crippen LogP contribution in [0, 0.1) is 0 Å². The normalized spacial score (nSPS) is 12.4. The second-order valence-corrected chi connectivity index (χ2v) is 19.3. The van der Waals surface area contributed by atoms with Crippen LogP contribution in [0.5, 0.6) is 0 Å². The Morgan fingerprint density at radius 1 is 0.292 bits per heavy atom. The number of pyridine rings is 4. The van der Waals surface area contributed by atoms with Gasteiger partial charge in [-0.15, -0.1) is 0 Å². The van der Waals surface area contributed by atoms with Crippen LogP contribution >= 0.6 is 0 Å². The third-order valence-corrected chi connectivity index (χ3v) is 15.7. The molecule has 330 valence electrons. The number of rotatable bonds is 4. The fourth-order valence-electron chi connectivity index (χ4n) is 12.7. The lowest BCUT2D eigenvalue weighted by Gasteiger charge is -2.16. The summed E-state index contributed by atoms with van der Waals surface area (Å²) in [6.45, 7) is 0. The van der Waals surface area contributed by atoms with Crippen molar-refractivity contribution in [3.8, 4) is 78.5 Å². The molecular weight excluding hydrogens is 877 g/mol. The standard InChI is InChI=1S/C66H36N6/c1-2-11-37(12-3-1)52-21-8-22-56(70-52)72-54-29-25-39-14-7-20-48-49-33-40(23-27-46(49)51-35-42-16-10-32-68-64(42)66(72)60(51)62(54)58(39)48)43-26-30-55(69-36-43)71-53-28-24-38-13-6-19-47-44-17-4-5-18-45(44)50-34-41-15-9-31-67-63(41)65(71)59(50)61(53)57(38)47/h1-36H. The van der Waals surface area contributed by atoms with E-state index in [1.165, 1.54) is 87.6 Å². The fourth-order valence-corrected chi connectivity index (χ4v) is 12.7. The van der Waals surface area contributed by atoms with Gasteiger partial charge in [-0.3, -0.25) is 19.1 Å². The molecule has 2 aliphatic rings. The molecular formula is C66H36N6. The second kappa shape index (κ2) is 13.9. The van der Waals surface area contributed by atoms with Crippen LogP contribution in [0.25, 0.3) is 165 Å². The Kier molecular flexibility index (Phi) is 7.38. The van der Waals surface area contributed by atoms with Crippen molar-refractivity contribution in [2.24, 2.45) is 0 Å². The van der Waals surface area contributed by atoms with Gasteiger partial charge in [0, 0.05) is 62.0 Å². The van der Waals surface area contributed by atoms with Crippen molar-refractivity contribution >= 4 is 87.0 Å². The molecule has 15 aromatic rings. The van der Waals surface area contributed by atoms with Crippen LogP contribution in [0.4, 0.5) is 0 Å². The van der Waals surface area contributed by atoms with Crippen LogP contribution in [0.15, 0.2) is 219 Å². The molecule has 0 spiro atoms. The highest BCUT2D eigenvalue weighted by Gasteiger charge is 2.30. The summed E-state index contributed by atoms with van der Waals surface area (Å²) in [7, 11) is 0. The average Bonchev–Trinajstić information content (AvgIpc) is 3.92. The van der Waals surface area contributed by atoms with E-state index in [0.717, 1.165) is 77.9 Å². The molecule has 0 aliphatic heterocycles. The summed E-state index contributed by atoms with van der Waals surface area (Å²) >= 11 is 0. The highest BCUT2D eigenvalue weighted by molar-refractivity contribution is 6.35. The molecule has 17 rings (SSSR count). The van der Waals surface area contributed by atoms with Crippen molar-refractivity contribution in [3.63, 3.8) is 0 Å². The monoisotopic (exact) mass is 912 g/mol. The SMILES string of the molecule is c1ccc(-c2cccc(-n3c4ccc5cccc6c5c4c4c(cc5cccnc5c43)-c3ccc(-c4ccc(-n5c7ccc8cccc9c8c7c7c(cc8cccnc8c75)-c5ccccc5-9)nc4)cc3-6)n2)cc1. The molecule has 0 amide bonds. The van der Waals surface area contributed by atoms with Crippen LogP contribution in [-0.4, -0.2) is 29.1 Å². The van der Waals surface area contributed by atoms with E-state index in [-0.39, 0.29) is 0 Å². The number of aromatic nitrogens is 6. The maximum atomic E-state index is 5.37. The quantitative estimate of drug-likeness (QED) is 0.176. The van der Waals surface area contributed by atoms with Gasteiger partial charge in [0.25, 0.3) is 0 Å². The summed E-state index contributed by atoms with van der Waals surface area (Å²) in [6, 6.07) is 72.7. The Morgan fingerprint density at radius 3 is 1.50 bits per heavy atom. The molecule has 6 nitrogen and oxygen atoms in total. The van der Waals surface area contributed by atoms with E-state index in [0.29, 0.717) is 0 Å². The molecule has 72 heavy (non-hydrogen) atoms. The van der Waals surface area contributed by atoms with E-state index in [2.05, 4.69) is 191 Å². The third-order valence-electron chi connectivity index (χ3n) is 15.7. The van der Waals surface area contributed by atoms with Crippen molar-refractivity contribution in [3.05, 3.63) is 219 Å². The Bertz CT molecular complexity index is 4910. The predicted molar refractivity (Wildman–Crippen MR) is 296 cm³/mol. The molecule has 0 N–H and O–H groups in total. The minimum absolute atomic E-state index is 0.854. The average molecular weight is 913 g/mol. The van der Waals surface area contributed by atoms with Gasteiger partial charge < -0.3 is 0 Å². The van der Waals surface area contributed by atoms with Crippen molar-refractivity contribution in [2.75, 3.05) is 0 Å². The molecule has 0 saturated heterocycles. The number of fused-ring (bicyclic) bond motifs is 10. The van der Waals surface area contributed by atoms with Gasteiger partial charge in [-0.1, -0.05) is 133 Å². The summed E-state index contributed by atoms with van der Waals surface area (Å²) in [5.74, 6) is 1.72. The van der Waals surface area contributed by atoms with E-state index >= 15 is 0 Å². The first kappa shape index (κ1) is 38.1. The van der Waals surface area contributed by atoms with Crippen molar-refractivity contribution < 1.29 is 0 Å². The smallest absolute Gasteiger partial charge is 0.138 e. The van der Waals surface area contributed by atoms with Crippen molar-refractivity contribution in [1.29, 1.82) is 0 Å². The molecule has 0 saturated carbocycles. The summed E-state index contributed by atoms with van der Waals surface area (Å²) in [4.78, 5) is 20.9. The molecule has 2 aliphatic carbocycles. The Morgan fingerprint density at radius 2 is 0.847 bits per heavy atom. The summed E-state index contributed by atoms with van der Waals surface area (Å²) in [6.07, 6.45) is 5.87. The minimum atomic E-state index is 0.854. The van der Waals surface area contributed by atoms with E-state index < -0.39 is 0 Å². The van der Waals surface area contributed by atoms with E-state index in [1.807, 2.05) is 36.8 Å². The van der Waals surface area contributed by atoms with Gasteiger partial charge in [0.1, 0.15) is 11.6 Å². The van der Waals surface area contributed by atoms with E-state index in [1.54, 1.807) is 0 Å². The Balaban J connectivity index is 0.879. The first-order valence-electron chi connectivity index (χ1n) is 24.5. The van der Waals surface area contributed by atoms with Crippen LogP contribution in [0.1, 0.15) is 0 Å². The predicted octanol–water partition coefficient (Wildman–Crippen LogP) is 16.7. The first-order valence-corrected chi connectivity index (χ1v) is 24.5. The zero-order chi connectivity index (χ0) is 46.8. The largest absolute Gasteiger partial charge is 0.292 e. The summed E-state index contributed by atoms with van der Waals surface area (Å²) in [5.41, 5.74) is 20.2. The van der Waals surface area contributed by atoms with Gasteiger partial charge in [-0.25, -0.2) is 9.97 Å². The summed E-state index contributed by atoms with van der Waals surface area (Å²) < 4.78 is 4.70. The van der Waals surface area contributed by atoms with Crippen molar-refractivity contribution in [1.82, 2.24) is 29.1 Å². The van der Waals surface area contributed by atoms with Crippen LogP contribution < -0.4 is 0 Å². The third kappa shape index (κ3) is 4.97. The Labute approximate surface area is 411 Å². The number of nitrogens with zero attached hydrogens (tertiary/aromatic N) is 6. The number of hydrogen-bond donors (Lipinski definition) is 0. The molecule has 0 unspecified atom stereocenters. The van der Waals surface area contributed by atoms with Crippen LogP contribution in [0.2, 0.25) is 0 Å². The van der Waals surface area contributed by atoms with Gasteiger partial charge >= 0.3 is 0 Å². The van der Waals surface area contributed by atoms with E-state index in [4.69, 9.17) is 19.9 Å². The van der Waals surface area contributed by atoms with Gasteiger partial charge in [-0.05, 0) is 138 Å². The van der Waals surface area contributed by atoms with Gasteiger partial charge in [-0.2, -0.15) is 0 Å². The first-order chi connectivity index (χ1) is 35.7. The van der Waals surface area contributed by atoms with Gasteiger partial charge in [0.15, 0.2) is 0 Å². The Hall–Kier alpha value is -9.78. The van der Waals surface area contributed by atoms with E-state index in [9.17, 15) is 0 Å². The second-order valence-electron chi connectivity index (χ2n) is 19.3. The van der Waals surface area contributed by atoms with Crippen LogP contribution in [0.3, 0.4) is 0 Å². The minimum Gasteiger partial charge on any atom is -0.292 e. The van der Waals surface area contributed by atoms with Crippen molar-refractivity contribution in [2.45, 2.75) is 0 Å². The lowest BCUT2D eigenvalue weighted by atomic mass is 9.90. The lowest BCUT2D eigenvalue weighted by Crippen LogP contribution is -2.00. The number of benzene rings is 9. The highest BCUT2D eigenvalue weighted by Crippen LogP contribution is 2.53. The molecule has 0 atom stereocenters. The molecule has 9 aromatic carbocycles. The van der Waals surface area contributed by atoms with Gasteiger partial charge in [0.2, 0.25) is 0 Å². The zero-order valence-corrected chi connectivity index (χ0v) is 38.5. The fraction of sp³-hybridized carbons (Fsp3) is 0. The van der Waals surface area contributed by atoms with Crippen LogP contribution in [-0.2, 0) is 0 Å². The van der Waals surface area contributed by atoms with Gasteiger partial charge in [0.05, 0.1) is 38.8 Å². The molecule has 0 fully saturated rings. The topological polar surface area (TPSA) is 61.4 Å². The molecule has 6 heteroatoms. The molecule has 0 radical (unpaired) electrons. The lowest BCUT2D eigenvalue weighted by molar-refractivity contribution is 1.08. The zero-order valence-electron chi connectivity index (χ0n) is 38.5. The maximum Gasteiger partial charge on any atom is 0.138 e.